The Morgan fingerprint density at radius 3 is 2.53 bits per heavy atom. The SMILES string of the molecule is S=c1nc(CCCc2ccccc2)[nH][nH]1. The number of hydrogen-bond donors (Lipinski definition) is 2. The first-order valence-corrected chi connectivity index (χ1v) is 5.43. The molecule has 3 nitrogen and oxygen atoms in total. The Labute approximate surface area is 93.6 Å². The topological polar surface area (TPSA) is 44.5 Å². The molecular formula is C11H13N3S. The van der Waals surface area contributed by atoms with Crippen molar-refractivity contribution in [2.45, 2.75) is 19.3 Å². The summed E-state index contributed by atoms with van der Waals surface area (Å²) in [6.07, 6.45) is 3.09. The molecule has 2 aromatic rings. The van der Waals surface area contributed by atoms with Gasteiger partial charge in [0, 0.05) is 6.42 Å². The van der Waals surface area contributed by atoms with Gasteiger partial charge >= 0.3 is 0 Å². The van der Waals surface area contributed by atoms with E-state index < -0.39 is 0 Å². The van der Waals surface area contributed by atoms with Gasteiger partial charge in [0.15, 0.2) is 0 Å². The van der Waals surface area contributed by atoms with Crippen molar-refractivity contribution in [2.24, 2.45) is 0 Å². The van der Waals surface area contributed by atoms with Crippen LogP contribution in [-0.4, -0.2) is 15.2 Å². The maximum absolute atomic E-state index is 4.88. The van der Waals surface area contributed by atoms with Crippen LogP contribution >= 0.6 is 12.2 Å². The summed E-state index contributed by atoms with van der Waals surface area (Å²) in [6.45, 7) is 0. The molecule has 0 saturated carbocycles. The summed E-state index contributed by atoms with van der Waals surface area (Å²) in [6, 6.07) is 10.5. The van der Waals surface area contributed by atoms with Crippen LogP contribution in [0, 0.1) is 4.77 Å². The van der Waals surface area contributed by atoms with Gasteiger partial charge in [0.2, 0.25) is 4.77 Å². The molecule has 0 aliphatic carbocycles. The quantitative estimate of drug-likeness (QED) is 0.776. The van der Waals surface area contributed by atoms with Crippen LogP contribution < -0.4 is 0 Å². The molecule has 15 heavy (non-hydrogen) atoms. The zero-order valence-corrected chi connectivity index (χ0v) is 9.18. The van der Waals surface area contributed by atoms with Gasteiger partial charge in [-0.05, 0) is 30.6 Å². The average molecular weight is 219 g/mol. The summed E-state index contributed by atoms with van der Waals surface area (Å²) in [7, 11) is 0. The zero-order valence-electron chi connectivity index (χ0n) is 8.36. The van der Waals surface area contributed by atoms with Gasteiger partial charge in [-0.2, -0.15) is 0 Å². The average Bonchev–Trinajstić information content (AvgIpc) is 2.66. The number of hydrogen-bond acceptors (Lipinski definition) is 2. The monoisotopic (exact) mass is 219 g/mol. The number of H-pyrrole nitrogens is 2. The third kappa shape index (κ3) is 3.02. The Bertz CT molecular complexity index is 458. The third-order valence-corrected chi connectivity index (χ3v) is 2.47. The molecule has 1 aromatic carbocycles. The minimum atomic E-state index is 0.532. The first-order chi connectivity index (χ1) is 7.34. The van der Waals surface area contributed by atoms with Gasteiger partial charge in [0.25, 0.3) is 0 Å². The summed E-state index contributed by atoms with van der Waals surface area (Å²) < 4.78 is 0.532. The van der Waals surface area contributed by atoms with Crippen LogP contribution in [0.1, 0.15) is 17.8 Å². The highest BCUT2D eigenvalue weighted by Gasteiger charge is 1.97. The Kier molecular flexibility index (Phi) is 3.29. The van der Waals surface area contributed by atoms with E-state index in [0.29, 0.717) is 4.77 Å². The fraction of sp³-hybridized carbons (Fsp3) is 0.273. The minimum Gasteiger partial charge on any atom is -0.286 e. The lowest BCUT2D eigenvalue weighted by Crippen LogP contribution is -1.91. The van der Waals surface area contributed by atoms with Crippen molar-refractivity contribution in [3.8, 4) is 0 Å². The molecule has 1 aromatic heterocycles. The standard InChI is InChI=1S/C11H13N3S/c15-11-12-10(13-14-11)8-4-7-9-5-2-1-3-6-9/h1-3,5-6H,4,7-8H2,(H2,12,13,14,15). The first-order valence-electron chi connectivity index (χ1n) is 5.02. The number of nitrogens with zero attached hydrogens (tertiary/aromatic N) is 1. The molecule has 2 rings (SSSR count). The number of rotatable bonds is 4. The molecule has 0 spiro atoms. The summed E-state index contributed by atoms with van der Waals surface area (Å²) in [4.78, 5) is 4.15. The van der Waals surface area contributed by atoms with Crippen molar-refractivity contribution >= 4 is 12.2 Å². The fourth-order valence-corrected chi connectivity index (χ4v) is 1.69. The van der Waals surface area contributed by atoms with Gasteiger partial charge in [-0.3, -0.25) is 10.2 Å². The second-order valence-electron chi connectivity index (χ2n) is 3.45. The van der Waals surface area contributed by atoms with Crippen LogP contribution in [0.2, 0.25) is 0 Å². The number of benzene rings is 1. The third-order valence-electron chi connectivity index (χ3n) is 2.27. The molecule has 2 N–H and O–H groups in total. The van der Waals surface area contributed by atoms with Crippen LogP contribution in [0.4, 0.5) is 0 Å². The zero-order chi connectivity index (χ0) is 10.5. The molecule has 0 aliphatic heterocycles. The van der Waals surface area contributed by atoms with E-state index >= 15 is 0 Å². The van der Waals surface area contributed by atoms with Crippen molar-refractivity contribution in [1.82, 2.24) is 15.2 Å². The number of aryl methyl sites for hydroxylation is 2. The highest BCUT2D eigenvalue weighted by molar-refractivity contribution is 7.71. The molecule has 1 heterocycles. The molecule has 0 radical (unpaired) electrons. The molecule has 4 heteroatoms. The van der Waals surface area contributed by atoms with E-state index in [-0.39, 0.29) is 0 Å². The van der Waals surface area contributed by atoms with Gasteiger partial charge in [-0.15, -0.1) is 0 Å². The van der Waals surface area contributed by atoms with E-state index in [0.717, 1.165) is 25.1 Å². The summed E-state index contributed by atoms with van der Waals surface area (Å²) in [5.74, 6) is 0.941. The van der Waals surface area contributed by atoms with Crippen LogP contribution in [-0.2, 0) is 12.8 Å². The molecule has 0 atom stereocenters. The smallest absolute Gasteiger partial charge is 0.213 e. The lowest BCUT2D eigenvalue weighted by Gasteiger charge is -1.98. The Hall–Kier alpha value is -1.42. The van der Waals surface area contributed by atoms with Crippen LogP contribution in [0.5, 0.6) is 0 Å². The van der Waals surface area contributed by atoms with Gasteiger partial charge in [0.1, 0.15) is 5.82 Å². The Balaban J connectivity index is 1.83. The summed E-state index contributed by atoms with van der Waals surface area (Å²) in [5, 5.41) is 5.75. The lowest BCUT2D eigenvalue weighted by molar-refractivity contribution is 0.775. The van der Waals surface area contributed by atoms with Gasteiger partial charge in [-0.25, -0.2) is 4.98 Å². The molecule has 0 aliphatic rings. The summed E-state index contributed by atoms with van der Waals surface area (Å²) in [5.41, 5.74) is 1.37. The normalized spacial score (nSPS) is 10.4. The fourth-order valence-electron chi connectivity index (χ4n) is 1.53. The van der Waals surface area contributed by atoms with Crippen molar-refractivity contribution < 1.29 is 0 Å². The maximum Gasteiger partial charge on any atom is 0.213 e. The van der Waals surface area contributed by atoms with Crippen molar-refractivity contribution in [3.05, 3.63) is 46.5 Å². The lowest BCUT2D eigenvalue weighted by atomic mass is 10.1. The Morgan fingerprint density at radius 2 is 1.87 bits per heavy atom. The highest BCUT2D eigenvalue weighted by Crippen LogP contribution is 2.04. The van der Waals surface area contributed by atoms with E-state index in [9.17, 15) is 0 Å². The van der Waals surface area contributed by atoms with E-state index in [4.69, 9.17) is 12.2 Å². The predicted octanol–water partition coefficient (Wildman–Crippen LogP) is 2.64. The molecule has 0 bridgehead atoms. The molecular weight excluding hydrogens is 206 g/mol. The second kappa shape index (κ2) is 4.89. The van der Waals surface area contributed by atoms with Gasteiger partial charge in [0.05, 0.1) is 0 Å². The van der Waals surface area contributed by atoms with Crippen LogP contribution in [0.15, 0.2) is 30.3 Å². The summed E-state index contributed by atoms with van der Waals surface area (Å²) >= 11 is 4.88. The molecule has 0 fully saturated rings. The first kappa shape index (κ1) is 10.1. The molecule has 0 saturated heterocycles. The van der Waals surface area contributed by atoms with E-state index in [1.165, 1.54) is 5.56 Å². The van der Waals surface area contributed by atoms with Crippen LogP contribution in [0.3, 0.4) is 0 Å². The number of aromatic nitrogens is 3. The second-order valence-corrected chi connectivity index (χ2v) is 3.84. The van der Waals surface area contributed by atoms with Crippen molar-refractivity contribution in [3.63, 3.8) is 0 Å². The largest absolute Gasteiger partial charge is 0.286 e. The predicted molar refractivity (Wildman–Crippen MR) is 62.2 cm³/mol. The van der Waals surface area contributed by atoms with E-state index in [1.807, 2.05) is 6.07 Å². The molecule has 78 valence electrons. The molecule has 0 unspecified atom stereocenters. The van der Waals surface area contributed by atoms with Crippen LogP contribution in [0.25, 0.3) is 0 Å². The minimum absolute atomic E-state index is 0.532. The number of aromatic amines is 2. The Morgan fingerprint density at radius 1 is 1.07 bits per heavy atom. The van der Waals surface area contributed by atoms with E-state index in [2.05, 4.69) is 39.4 Å². The van der Waals surface area contributed by atoms with Gasteiger partial charge in [-0.1, -0.05) is 30.3 Å². The van der Waals surface area contributed by atoms with Gasteiger partial charge < -0.3 is 0 Å². The van der Waals surface area contributed by atoms with E-state index in [1.54, 1.807) is 0 Å². The van der Waals surface area contributed by atoms with Crippen molar-refractivity contribution in [1.29, 1.82) is 0 Å². The highest BCUT2D eigenvalue weighted by atomic mass is 32.1. The van der Waals surface area contributed by atoms with Crippen molar-refractivity contribution in [2.75, 3.05) is 0 Å². The molecule has 0 amide bonds. The maximum atomic E-state index is 4.88. The number of nitrogens with one attached hydrogen (secondary N) is 2.